The van der Waals surface area contributed by atoms with Crippen LogP contribution in [0.15, 0.2) is 54.3 Å². The molecule has 0 radical (unpaired) electrons. The number of fused-ring (bicyclic) bond motifs is 1. The molecule has 0 spiro atoms. The molecule has 0 fully saturated rings. The predicted octanol–water partition coefficient (Wildman–Crippen LogP) is 2.86. The molecule has 0 aliphatic rings. The number of methoxy groups -OCH3 is 1. The van der Waals surface area contributed by atoms with E-state index in [0.29, 0.717) is 0 Å². The highest BCUT2D eigenvalue weighted by Gasteiger charge is 2.03. The molecule has 0 unspecified atom stereocenters. The third-order valence-electron chi connectivity index (χ3n) is 2.57. The summed E-state index contributed by atoms with van der Waals surface area (Å²) in [7, 11) is 1.32. The molecule has 96 valence electrons. The van der Waals surface area contributed by atoms with Gasteiger partial charge in [0.25, 0.3) is 0 Å². The zero-order valence-corrected chi connectivity index (χ0v) is 10.4. The summed E-state index contributed by atoms with van der Waals surface area (Å²) in [6.07, 6.45) is 4.72. The van der Waals surface area contributed by atoms with Gasteiger partial charge in [-0.2, -0.15) is 0 Å². The number of aliphatic carboxylic acids is 1. The normalized spacial score (nSPS) is 11.9. The number of carboxylic acids is 1. The molecule has 0 amide bonds. The lowest BCUT2D eigenvalue weighted by Crippen LogP contribution is -2.01. The molecule has 0 aliphatic carbocycles. The Labute approximate surface area is 110 Å². The number of benzene rings is 1. The van der Waals surface area contributed by atoms with E-state index in [4.69, 9.17) is 9.84 Å². The van der Waals surface area contributed by atoms with Crippen molar-refractivity contribution < 1.29 is 14.6 Å². The van der Waals surface area contributed by atoms with E-state index in [-0.39, 0.29) is 5.76 Å². The number of carbonyl (C=O) groups is 1. The highest BCUT2D eigenvalue weighted by molar-refractivity contribution is 5.85. The van der Waals surface area contributed by atoms with Gasteiger partial charge >= 0.3 is 5.97 Å². The van der Waals surface area contributed by atoms with Crippen LogP contribution in [-0.2, 0) is 9.53 Å². The molecule has 1 aromatic heterocycles. The summed E-state index contributed by atoms with van der Waals surface area (Å²) in [6, 6.07) is 11.7. The van der Waals surface area contributed by atoms with Gasteiger partial charge in [0.15, 0.2) is 0 Å². The highest BCUT2D eigenvalue weighted by atomic mass is 16.5. The lowest BCUT2D eigenvalue weighted by molar-refractivity contribution is -0.136. The summed E-state index contributed by atoms with van der Waals surface area (Å²) in [4.78, 5) is 15.1. The Kier molecular flexibility index (Phi) is 3.93. The Morgan fingerprint density at radius 2 is 2.05 bits per heavy atom. The molecule has 0 aliphatic heterocycles. The van der Waals surface area contributed by atoms with Gasteiger partial charge in [-0.15, -0.1) is 0 Å². The molecular formula is C15H13NO3. The standard InChI is InChI=1S/C15H13NO3/c1-19-14(15(17)18)8-4-6-12-10-9-11-5-2-3-7-13(11)16-12/h2-10H,1H3,(H,17,18)/b6-4+,14-8-. The number of para-hydroxylation sites is 1. The van der Waals surface area contributed by atoms with Gasteiger partial charge in [0.1, 0.15) is 0 Å². The molecule has 0 bridgehead atoms. The van der Waals surface area contributed by atoms with E-state index in [0.717, 1.165) is 16.6 Å². The van der Waals surface area contributed by atoms with Crippen molar-refractivity contribution in [2.75, 3.05) is 7.11 Å². The minimum Gasteiger partial charge on any atom is -0.490 e. The summed E-state index contributed by atoms with van der Waals surface area (Å²) in [5.41, 5.74) is 1.66. The molecule has 1 N–H and O–H groups in total. The first-order valence-corrected chi connectivity index (χ1v) is 5.72. The van der Waals surface area contributed by atoms with E-state index < -0.39 is 5.97 Å². The van der Waals surface area contributed by atoms with Crippen molar-refractivity contribution in [1.29, 1.82) is 0 Å². The lowest BCUT2D eigenvalue weighted by atomic mass is 10.2. The quantitative estimate of drug-likeness (QED) is 0.518. The first-order chi connectivity index (χ1) is 9.20. The van der Waals surface area contributed by atoms with Gasteiger partial charge in [0.2, 0.25) is 5.76 Å². The van der Waals surface area contributed by atoms with Crippen LogP contribution >= 0.6 is 0 Å². The van der Waals surface area contributed by atoms with Crippen LogP contribution in [0.4, 0.5) is 0 Å². The summed E-state index contributed by atoms with van der Waals surface area (Å²) in [6.45, 7) is 0. The van der Waals surface area contributed by atoms with Crippen LogP contribution in [0.5, 0.6) is 0 Å². The second kappa shape index (κ2) is 5.82. The van der Waals surface area contributed by atoms with Gasteiger partial charge in [0.05, 0.1) is 18.3 Å². The monoisotopic (exact) mass is 255 g/mol. The highest BCUT2D eigenvalue weighted by Crippen LogP contribution is 2.12. The van der Waals surface area contributed by atoms with Crippen molar-refractivity contribution in [3.05, 3.63) is 60.0 Å². The van der Waals surface area contributed by atoms with Gasteiger partial charge in [0, 0.05) is 5.39 Å². The largest absolute Gasteiger partial charge is 0.490 e. The third-order valence-corrected chi connectivity index (χ3v) is 2.57. The fourth-order valence-corrected chi connectivity index (χ4v) is 1.64. The summed E-state index contributed by atoms with van der Waals surface area (Å²) < 4.78 is 4.71. The number of allylic oxidation sites excluding steroid dienone is 2. The molecule has 1 heterocycles. The van der Waals surface area contributed by atoms with Gasteiger partial charge in [-0.3, -0.25) is 0 Å². The number of carboxylic acid groups (broad SMARTS) is 1. The fraction of sp³-hybridized carbons (Fsp3) is 0.0667. The van der Waals surface area contributed by atoms with E-state index in [1.54, 1.807) is 12.2 Å². The number of hydrogen-bond acceptors (Lipinski definition) is 3. The molecule has 4 heteroatoms. The summed E-state index contributed by atoms with van der Waals surface area (Å²) >= 11 is 0. The van der Waals surface area contributed by atoms with Crippen molar-refractivity contribution in [3.63, 3.8) is 0 Å². The molecule has 2 aromatic rings. The third kappa shape index (κ3) is 3.19. The first kappa shape index (κ1) is 12.8. The molecule has 0 saturated heterocycles. The SMILES string of the molecule is CO/C(=C\C=C\c1ccc2ccccc2n1)C(=O)O. The average molecular weight is 255 g/mol. The average Bonchev–Trinajstić information content (AvgIpc) is 2.43. The number of aromatic nitrogens is 1. The lowest BCUT2D eigenvalue weighted by Gasteiger charge is -1.98. The molecular weight excluding hydrogens is 242 g/mol. The number of nitrogens with zero attached hydrogens (tertiary/aromatic N) is 1. The maximum absolute atomic E-state index is 10.7. The number of pyridine rings is 1. The van der Waals surface area contributed by atoms with Crippen LogP contribution in [0, 0.1) is 0 Å². The molecule has 19 heavy (non-hydrogen) atoms. The second-order valence-electron chi connectivity index (χ2n) is 3.83. The van der Waals surface area contributed by atoms with Crippen molar-refractivity contribution in [2.24, 2.45) is 0 Å². The zero-order valence-electron chi connectivity index (χ0n) is 10.4. The van der Waals surface area contributed by atoms with E-state index in [2.05, 4.69) is 4.98 Å². The first-order valence-electron chi connectivity index (χ1n) is 5.72. The summed E-state index contributed by atoms with van der Waals surface area (Å²) in [5.74, 6) is -1.21. The second-order valence-corrected chi connectivity index (χ2v) is 3.83. The van der Waals surface area contributed by atoms with E-state index >= 15 is 0 Å². The Hall–Kier alpha value is -2.62. The van der Waals surface area contributed by atoms with Crippen LogP contribution < -0.4 is 0 Å². The molecule has 1 aromatic carbocycles. The number of hydrogen-bond donors (Lipinski definition) is 1. The van der Waals surface area contributed by atoms with Crippen LogP contribution in [0.1, 0.15) is 5.69 Å². The fourth-order valence-electron chi connectivity index (χ4n) is 1.64. The van der Waals surface area contributed by atoms with Crippen LogP contribution in [-0.4, -0.2) is 23.2 Å². The molecule has 4 nitrogen and oxygen atoms in total. The Morgan fingerprint density at radius 1 is 1.26 bits per heavy atom. The molecule has 0 atom stereocenters. The Bertz CT molecular complexity index is 659. The van der Waals surface area contributed by atoms with Crippen LogP contribution in [0.3, 0.4) is 0 Å². The molecule has 2 rings (SSSR count). The van der Waals surface area contributed by atoms with Crippen molar-refractivity contribution in [1.82, 2.24) is 4.98 Å². The molecule has 0 saturated carbocycles. The van der Waals surface area contributed by atoms with E-state index in [9.17, 15) is 4.79 Å². The van der Waals surface area contributed by atoms with Gasteiger partial charge in [-0.05, 0) is 24.3 Å². The number of rotatable bonds is 4. The topological polar surface area (TPSA) is 59.4 Å². The van der Waals surface area contributed by atoms with Gasteiger partial charge in [-0.1, -0.05) is 30.3 Å². The van der Waals surface area contributed by atoms with E-state index in [1.807, 2.05) is 36.4 Å². The van der Waals surface area contributed by atoms with Crippen LogP contribution in [0.2, 0.25) is 0 Å². The van der Waals surface area contributed by atoms with Crippen molar-refractivity contribution >= 4 is 22.9 Å². The Balaban J connectivity index is 2.23. The minimum atomic E-state index is -1.10. The number of ether oxygens (including phenoxy) is 1. The van der Waals surface area contributed by atoms with Gasteiger partial charge in [-0.25, -0.2) is 9.78 Å². The van der Waals surface area contributed by atoms with Crippen molar-refractivity contribution in [3.8, 4) is 0 Å². The van der Waals surface area contributed by atoms with E-state index in [1.165, 1.54) is 13.2 Å². The van der Waals surface area contributed by atoms with Crippen LogP contribution in [0.25, 0.3) is 17.0 Å². The minimum absolute atomic E-state index is 0.114. The van der Waals surface area contributed by atoms with Crippen molar-refractivity contribution in [2.45, 2.75) is 0 Å². The maximum Gasteiger partial charge on any atom is 0.371 e. The zero-order chi connectivity index (χ0) is 13.7. The maximum atomic E-state index is 10.7. The predicted molar refractivity (Wildman–Crippen MR) is 73.5 cm³/mol. The Morgan fingerprint density at radius 3 is 2.79 bits per heavy atom. The van der Waals surface area contributed by atoms with Gasteiger partial charge < -0.3 is 9.84 Å². The summed E-state index contributed by atoms with van der Waals surface area (Å²) in [5, 5.41) is 9.84. The smallest absolute Gasteiger partial charge is 0.371 e.